The largest absolute Gasteiger partial charge is 0.481 e. The molecule has 1 N–H and O–H groups in total. The normalized spacial score (nSPS) is 14.6. The van der Waals surface area contributed by atoms with E-state index in [4.69, 9.17) is 4.74 Å². The summed E-state index contributed by atoms with van der Waals surface area (Å²) in [4.78, 5) is 0. The molecule has 0 radical (unpaired) electrons. The summed E-state index contributed by atoms with van der Waals surface area (Å²) in [5, 5.41) is 18.3. The third kappa shape index (κ3) is 2.49. The molecular weight excluding hydrogens is 274 g/mol. The van der Waals surface area contributed by atoms with E-state index in [1.165, 1.54) is 12.8 Å². The predicted molar refractivity (Wildman–Crippen MR) is 78.3 cm³/mol. The number of nitrogens with zero attached hydrogens (tertiary/aromatic N) is 4. The predicted octanol–water partition coefficient (Wildman–Crippen LogP) is 2.33. The molecule has 0 aromatic carbocycles. The van der Waals surface area contributed by atoms with Gasteiger partial charge in [-0.1, -0.05) is 18.3 Å². The van der Waals surface area contributed by atoms with Gasteiger partial charge in [0.2, 0.25) is 11.0 Å². The minimum atomic E-state index is 0.655. The van der Waals surface area contributed by atoms with Crippen molar-refractivity contribution >= 4 is 16.5 Å². The van der Waals surface area contributed by atoms with Crippen LogP contribution in [-0.4, -0.2) is 27.1 Å². The van der Waals surface area contributed by atoms with Gasteiger partial charge in [0.1, 0.15) is 5.01 Å². The first-order chi connectivity index (χ1) is 9.72. The number of aryl methyl sites for hydroxylation is 2. The van der Waals surface area contributed by atoms with Gasteiger partial charge in [0.25, 0.3) is 0 Å². The van der Waals surface area contributed by atoms with Crippen molar-refractivity contribution in [3.8, 4) is 5.88 Å². The number of ether oxygens (including phenoxy) is 1. The van der Waals surface area contributed by atoms with Gasteiger partial charge in [-0.25, -0.2) is 4.68 Å². The van der Waals surface area contributed by atoms with Crippen LogP contribution in [0.5, 0.6) is 5.88 Å². The van der Waals surface area contributed by atoms with Crippen molar-refractivity contribution in [2.45, 2.75) is 38.6 Å². The van der Waals surface area contributed by atoms with Crippen LogP contribution in [0.2, 0.25) is 0 Å². The van der Waals surface area contributed by atoms with Crippen LogP contribution < -0.4 is 10.1 Å². The third-order valence-corrected chi connectivity index (χ3v) is 4.53. The van der Waals surface area contributed by atoms with Crippen molar-refractivity contribution in [1.82, 2.24) is 20.0 Å². The fraction of sp³-hybridized carbons (Fsp3) is 0.615. The van der Waals surface area contributed by atoms with Gasteiger partial charge in [0.05, 0.1) is 18.4 Å². The molecule has 0 spiro atoms. The molecule has 1 saturated carbocycles. The molecule has 2 aromatic heterocycles. The van der Waals surface area contributed by atoms with Crippen molar-refractivity contribution in [2.24, 2.45) is 7.05 Å². The second kappa shape index (κ2) is 5.40. The Labute approximate surface area is 122 Å². The van der Waals surface area contributed by atoms with Crippen LogP contribution in [-0.2, 0) is 20.0 Å². The average molecular weight is 293 g/mol. The van der Waals surface area contributed by atoms with Crippen LogP contribution in [0.15, 0.2) is 0 Å². The number of hydrogen-bond donors (Lipinski definition) is 1. The summed E-state index contributed by atoms with van der Waals surface area (Å²) < 4.78 is 7.21. The molecule has 1 aliphatic carbocycles. The van der Waals surface area contributed by atoms with E-state index >= 15 is 0 Å². The average Bonchev–Trinajstić information content (AvgIpc) is 3.11. The van der Waals surface area contributed by atoms with Crippen LogP contribution in [0.1, 0.15) is 41.9 Å². The molecule has 0 atom stereocenters. The summed E-state index contributed by atoms with van der Waals surface area (Å²) in [5.41, 5.74) is 2.16. The molecule has 7 heteroatoms. The number of aromatic nitrogens is 4. The monoisotopic (exact) mass is 293 g/mol. The second-order valence-electron chi connectivity index (χ2n) is 4.98. The van der Waals surface area contributed by atoms with E-state index in [-0.39, 0.29) is 0 Å². The lowest BCUT2D eigenvalue weighted by Gasteiger charge is -2.05. The molecule has 1 fully saturated rings. The molecule has 0 bridgehead atoms. The van der Waals surface area contributed by atoms with Crippen LogP contribution in [0.25, 0.3) is 0 Å². The second-order valence-corrected chi connectivity index (χ2v) is 5.99. The molecule has 0 unspecified atom stereocenters. The highest BCUT2D eigenvalue weighted by molar-refractivity contribution is 7.15. The summed E-state index contributed by atoms with van der Waals surface area (Å²) >= 11 is 1.66. The topological polar surface area (TPSA) is 64.9 Å². The van der Waals surface area contributed by atoms with Crippen molar-refractivity contribution in [2.75, 3.05) is 12.4 Å². The van der Waals surface area contributed by atoms with Gasteiger partial charge in [0, 0.05) is 19.5 Å². The van der Waals surface area contributed by atoms with E-state index in [0.29, 0.717) is 12.5 Å². The van der Waals surface area contributed by atoms with Gasteiger partial charge in [0.15, 0.2) is 0 Å². The first kappa shape index (κ1) is 13.4. The molecule has 2 heterocycles. The van der Waals surface area contributed by atoms with Gasteiger partial charge >= 0.3 is 0 Å². The van der Waals surface area contributed by atoms with E-state index < -0.39 is 0 Å². The Bertz CT molecular complexity index is 602. The van der Waals surface area contributed by atoms with Gasteiger partial charge in [-0.3, -0.25) is 0 Å². The van der Waals surface area contributed by atoms with Crippen LogP contribution in [0, 0.1) is 0 Å². The summed E-state index contributed by atoms with van der Waals surface area (Å²) in [6.45, 7) is 2.76. The molecule has 108 valence electrons. The minimum absolute atomic E-state index is 0.655. The van der Waals surface area contributed by atoms with E-state index in [2.05, 4.69) is 27.5 Å². The van der Waals surface area contributed by atoms with E-state index in [0.717, 1.165) is 33.7 Å². The highest BCUT2D eigenvalue weighted by atomic mass is 32.1. The van der Waals surface area contributed by atoms with Gasteiger partial charge < -0.3 is 10.1 Å². The number of methoxy groups -OCH3 is 1. The molecule has 3 rings (SSSR count). The third-order valence-electron chi connectivity index (χ3n) is 3.48. The molecule has 1 aliphatic rings. The number of anilines is 1. The summed E-state index contributed by atoms with van der Waals surface area (Å²) in [6, 6.07) is 0. The highest BCUT2D eigenvalue weighted by Crippen LogP contribution is 2.42. The SMILES string of the molecule is CCc1nn(C)c(OC)c1CNc1nnc(C2CC2)s1. The zero-order valence-corrected chi connectivity index (χ0v) is 12.8. The van der Waals surface area contributed by atoms with Crippen molar-refractivity contribution in [1.29, 1.82) is 0 Å². The maximum atomic E-state index is 5.43. The molecule has 20 heavy (non-hydrogen) atoms. The molecule has 0 aliphatic heterocycles. The Morgan fingerprint density at radius 2 is 2.20 bits per heavy atom. The summed E-state index contributed by atoms with van der Waals surface area (Å²) in [6.07, 6.45) is 3.40. The number of rotatable bonds is 6. The Hall–Kier alpha value is -1.63. The van der Waals surface area contributed by atoms with Gasteiger partial charge in [-0.15, -0.1) is 10.2 Å². The van der Waals surface area contributed by atoms with Crippen LogP contribution >= 0.6 is 11.3 Å². The van der Waals surface area contributed by atoms with Gasteiger partial charge in [-0.2, -0.15) is 5.10 Å². The Morgan fingerprint density at radius 1 is 1.40 bits per heavy atom. The fourth-order valence-electron chi connectivity index (χ4n) is 2.29. The lowest BCUT2D eigenvalue weighted by molar-refractivity contribution is 0.370. The zero-order chi connectivity index (χ0) is 14.1. The smallest absolute Gasteiger partial charge is 0.216 e. The quantitative estimate of drug-likeness (QED) is 0.885. The minimum Gasteiger partial charge on any atom is -0.481 e. The maximum Gasteiger partial charge on any atom is 0.216 e. The zero-order valence-electron chi connectivity index (χ0n) is 12.0. The van der Waals surface area contributed by atoms with Crippen molar-refractivity contribution in [3.63, 3.8) is 0 Å². The Morgan fingerprint density at radius 3 is 2.85 bits per heavy atom. The molecular formula is C13H19N5OS. The lowest BCUT2D eigenvalue weighted by Crippen LogP contribution is -2.03. The van der Waals surface area contributed by atoms with Crippen molar-refractivity contribution in [3.05, 3.63) is 16.3 Å². The highest BCUT2D eigenvalue weighted by Gasteiger charge is 2.27. The summed E-state index contributed by atoms with van der Waals surface area (Å²) in [5.74, 6) is 1.46. The first-order valence-corrected chi connectivity index (χ1v) is 7.70. The van der Waals surface area contributed by atoms with Crippen molar-refractivity contribution < 1.29 is 4.74 Å². The Balaban J connectivity index is 1.73. The number of nitrogens with one attached hydrogen (secondary N) is 1. The molecule has 6 nitrogen and oxygen atoms in total. The maximum absolute atomic E-state index is 5.43. The molecule has 0 saturated heterocycles. The van der Waals surface area contributed by atoms with Crippen LogP contribution in [0.3, 0.4) is 0 Å². The summed E-state index contributed by atoms with van der Waals surface area (Å²) in [7, 11) is 3.58. The fourth-order valence-corrected chi connectivity index (χ4v) is 3.20. The van der Waals surface area contributed by atoms with E-state index in [1.54, 1.807) is 23.1 Å². The van der Waals surface area contributed by atoms with E-state index in [9.17, 15) is 0 Å². The standard InChI is InChI=1S/C13H19N5OS/c1-4-10-9(12(19-3)18(2)17-10)7-14-13-16-15-11(20-13)8-5-6-8/h8H,4-7H2,1-3H3,(H,14,16). The van der Waals surface area contributed by atoms with E-state index in [1.807, 2.05) is 7.05 Å². The molecule has 0 amide bonds. The Kier molecular flexibility index (Phi) is 3.60. The number of hydrogen-bond acceptors (Lipinski definition) is 6. The van der Waals surface area contributed by atoms with Crippen LogP contribution in [0.4, 0.5) is 5.13 Å². The molecule has 2 aromatic rings. The van der Waals surface area contributed by atoms with Gasteiger partial charge in [-0.05, 0) is 19.3 Å². The lowest BCUT2D eigenvalue weighted by atomic mass is 10.2. The first-order valence-electron chi connectivity index (χ1n) is 6.89.